The van der Waals surface area contributed by atoms with Crippen LogP contribution in [-0.4, -0.2) is 22.5 Å². The molecule has 5 rings (SSSR count). The molecule has 2 amide bonds. The van der Waals surface area contributed by atoms with Gasteiger partial charge in [-0.25, -0.2) is 14.8 Å². The molecule has 0 spiro atoms. The van der Waals surface area contributed by atoms with E-state index < -0.39 is 22.8 Å². The van der Waals surface area contributed by atoms with E-state index in [9.17, 15) is 18.0 Å². The van der Waals surface area contributed by atoms with Crippen LogP contribution < -0.4 is 21.3 Å². The van der Waals surface area contributed by atoms with Crippen LogP contribution in [0.1, 0.15) is 16.0 Å². The first-order valence-corrected chi connectivity index (χ1v) is 11.7. The van der Waals surface area contributed by atoms with Crippen molar-refractivity contribution in [3.63, 3.8) is 0 Å². The number of nitrogens with zero attached hydrogens (tertiary/aromatic N) is 2. The second-order valence-electron chi connectivity index (χ2n) is 7.81. The minimum atomic E-state index is -4.62. The van der Waals surface area contributed by atoms with Gasteiger partial charge in [0.2, 0.25) is 0 Å². The summed E-state index contributed by atoms with van der Waals surface area (Å²) in [6.45, 7) is 1.73. The molecule has 0 fully saturated rings. The van der Waals surface area contributed by atoms with Crippen LogP contribution in [0.3, 0.4) is 0 Å². The van der Waals surface area contributed by atoms with Crippen LogP contribution in [0.15, 0.2) is 48.8 Å². The number of hydrogen-bond acceptors (Lipinski definition) is 6. The van der Waals surface area contributed by atoms with Crippen LogP contribution in [-0.2, 0) is 19.1 Å². The van der Waals surface area contributed by atoms with Crippen LogP contribution >= 0.6 is 22.9 Å². The molecule has 0 atom stereocenters. The van der Waals surface area contributed by atoms with Crippen LogP contribution in [0, 0.1) is 0 Å². The van der Waals surface area contributed by atoms with E-state index in [0.29, 0.717) is 5.69 Å². The monoisotopic (exact) mass is 518 g/mol. The van der Waals surface area contributed by atoms with Gasteiger partial charge in [-0.1, -0.05) is 11.6 Å². The highest BCUT2D eigenvalue weighted by molar-refractivity contribution is 7.19. The predicted molar refractivity (Wildman–Crippen MR) is 132 cm³/mol. The number of urea groups is 1. The van der Waals surface area contributed by atoms with Gasteiger partial charge < -0.3 is 21.3 Å². The van der Waals surface area contributed by atoms with Gasteiger partial charge in [-0.2, -0.15) is 13.2 Å². The largest absolute Gasteiger partial charge is 0.417 e. The summed E-state index contributed by atoms with van der Waals surface area (Å²) in [5.41, 5.74) is 1.44. The molecule has 0 saturated carbocycles. The molecule has 4 aromatic rings. The van der Waals surface area contributed by atoms with Gasteiger partial charge in [-0.05, 0) is 61.0 Å². The Morgan fingerprint density at radius 2 is 1.74 bits per heavy atom. The van der Waals surface area contributed by atoms with Crippen molar-refractivity contribution in [2.24, 2.45) is 0 Å². The van der Waals surface area contributed by atoms with Crippen molar-refractivity contribution < 1.29 is 18.0 Å². The molecule has 2 aromatic carbocycles. The van der Waals surface area contributed by atoms with Gasteiger partial charge in [0, 0.05) is 28.5 Å². The number of fused-ring (bicyclic) bond motifs is 3. The number of hydrogen-bond donors (Lipinski definition) is 4. The highest BCUT2D eigenvalue weighted by Gasteiger charge is 2.33. The van der Waals surface area contributed by atoms with Crippen molar-refractivity contribution in [3.05, 3.63) is 69.8 Å². The minimum Gasteiger partial charge on any atom is -0.340 e. The standard InChI is InChI=1S/C23H18ClF3N6OS/c24-17-6-5-14(9-16(17)23(25,26)27)33-22(34)32-13-3-1-12(2-4-13)31-20-19-15-7-8-28-10-18(15)35-21(19)30-11-29-20/h1-6,9,11,28H,7-8,10H2,(H,29,30,31)(H2,32,33,34). The molecule has 0 aliphatic carbocycles. The highest BCUT2D eigenvalue weighted by Crippen LogP contribution is 2.37. The molecule has 12 heteroatoms. The number of thiophene rings is 1. The van der Waals surface area contributed by atoms with Crippen LogP contribution in [0.2, 0.25) is 5.02 Å². The number of anilines is 4. The fourth-order valence-electron chi connectivity index (χ4n) is 3.84. The number of nitrogens with one attached hydrogen (secondary N) is 4. The van der Waals surface area contributed by atoms with Gasteiger partial charge in [0.25, 0.3) is 0 Å². The Hall–Kier alpha value is -3.41. The molecular formula is C23H18ClF3N6OS. The molecule has 1 aliphatic rings. The van der Waals surface area contributed by atoms with Gasteiger partial charge in [0.15, 0.2) is 0 Å². The topological polar surface area (TPSA) is 91.0 Å². The number of rotatable bonds is 4. The number of carbonyl (C=O) groups is 1. The normalized spacial score (nSPS) is 13.4. The summed E-state index contributed by atoms with van der Waals surface area (Å²) in [4.78, 5) is 23.3. The maximum Gasteiger partial charge on any atom is 0.417 e. The third kappa shape index (κ3) is 5.02. The Kier molecular flexibility index (Phi) is 6.22. The van der Waals surface area contributed by atoms with E-state index in [2.05, 4.69) is 31.2 Å². The number of aromatic nitrogens is 2. The van der Waals surface area contributed by atoms with Crippen molar-refractivity contribution >= 4 is 62.1 Å². The lowest BCUT2D eigenvalue weighted by molar-refractivity contribution is -0.137. The number of alkyl halides is 3. The summed E-state index contributed by atoms with van der Waals surface area (Å²) < 4.78 is 39.1. The van der Waals surface area contributed by atoms with Gasteiger partial charge in [-0.3, -0.25) is 0 Å². The smallest absolute Gasteiger partial charge is 0.340 e. The third-order valence-electron chi connectivity index (χ3n) is 5.44. The molecule has 180 valence electrons. The lowest BCUT2D eigenvalue weighted by Gasteiger charge is -2.14. The van der Waals surface area contributed by atoms with Crippen molar-refractivity contribution in [1.82, 2.24) is 15.3 Å². The Bertz CT molecular complexity index is 1410. The van der Waals surface area contributed by atoms with Crippen molar-refractivity contribution in [3.8, 4) is 0 Å². The summed E-state index contributed by atoms with van der Waals surface area (Å²) >= 11 is 7.28. The second kappa shape index (κ2) is 9.33. The third-order valence-corrected chi connectivity index (χ3v) is 6.91. The Morgan fingerprint density at radius 3 is 2.51 bits per heavy atom. The lowest BCUT2D eigenvalue weighted by Crippen LogP contribution is -2.22. The van der Waals surface area contributed by atoms with Crippen LogP contribution in [0.4, 0.5) is 40.8 Å². The van der Waals surface area contributed by atoms with Crippen molar-refractivity contribution in [2.45, 2.75) is 19.1 Å². The first-order valence-electron chi connectivity index (χ1n) is 10.6. The summed E-state index contributed by atoms with van der Waals surface area (Å²) in [5, 5.41) is 12.3. The zero-order valence-electron chi connectivity index (χ0n) is 18.0. The average molecular weight is 519 g/mol. The molecule has 0 saturated heterocycles. The molecule has 2 aromatic heterocycles. The zero-order valence-corrected chi connectivity index (χ0v) is 19.5. The SMILES string of the molecule is O=C(Nc1ccc(Nc2ncnc3sc4c(c23)CCNC4)cc1)Nc1ccc(Cl)c(C(F)(F)F)c1. The van der Waals surface area contributed by atoms with E-state index in [4.69, 9.17) is 11.6 Å². The highest BCUT2D eigenvalue weighted by atomic mass is 35.5. The van der Waals surface area contributed by atoms with Crippen LogP contribution in [0.5, 0.6) is 0 Å². The maximum absolute atomic E-state index is 13.0. The van der Waals surface area contributed by atoms with E-state index in [1.807, 2.05) is 0 Å². The number of halogens is 4. The molecule has 0 radical (unpaired) electrons. The fraction of sp³-hybridized carbons (Fsp3) is 0.174. The van der Waals surface area contributed by atoms with Crippen LogP contribution in [0.25, 0.3) is 10.2 Å². The molecule has 1 aliphatic heterocycles. The average Bonchev–Trinajstić information content (AvgIpc) is 3.20. The van der Waals surface area contributed by atoms with Gasteiger partial charge >= 0.3 is 12.2 Å². The summed E-state index contributed by atoms with van der Waals surface area (Å²) in [6, 6.07) is 9.39. The summed E-state index contributed by atoms with van der Waals surface area (Å²) in [6.07, 6.45) is -2.18. The first kappa shape index (κ1) is 23.3. The quantitative estimate of drug-likeness (QED) is 0.251. The fourth-order valence-corrected chi connectivity index (χ4v) is 5.22. The van der Waals surface area contributed by atoms with Gasteiger partial charge in [0.1, 0.15) is 17.0 Å². The Labute approximate surface area is 206 Å². The van der Waals surface area contributed by atoms with Gasteiger partial charge in [-0.15, -0.1) is 11.3 Å². The second-order valence-corrected chi connectivity index (χ2v) is 9.30. The zero-order chi connectivity index (χ0) is 24.6. The molecular weight excluding hydrogens is 501 g/mol. The van der Waals surface area contributed by atoms with Crippen molar-refractivity contribution in [1.29, 1.82) is 0 Å². The van der Waals surface area contributed by atoms with E-state index in [1.54, 1.807) is 35.6 Å². The number of carbonyl (C=O) groups excluding carboxylic acids is 1. The van der Waals surface area contributed by atoms with E-state index in [0.717, 1.165) is 53.4 Å². The van der Waals surface area contributed by atoms with E-state index in [-0.39, 0.29) is 5.69 Å². The number of benzene rings is 2. The number of amides is 2. The molecule has 0 unspecified atom stereocenters. The molecule has 4 N–H and O–H groups in total. The Morgan fingerprint density at radius 1 is 1.03 bits per heavy atom. The first-order chi connectivity index (χ1) is 16.8. The van der Waals surface area contributed by atoms with E-state index >= 15 is 0 Å². The minimum absolute atomic E-state index is 0.0282. The van der Waals surface area contributed by atoms with Crippen molar-refractivity contribution in [2.75, 3.05) is 22.5 Å². The van der Waals surface area contributed by atoms with Gasteiger partial charge in [0.05, 0.1) is 16.0 Å². The maximum atomic E-state index is 13.0. The molecule has 35 heavy (non-hydrogen) atoms. The summed E-state index contributed by atoms with van der Waals surface area (Å²) in [5.74, 6) is 0.719. The molecule has 7 nitrogen and oxygen atoms in total. The van der Waals surface area contributed by atoms with E-state index in [1.165, 1.54) is 22.8 Å². The summed E-state index contributed by atoms with van der Waals surface area (Å²) in [7, 11) is 0. The molecule has 0 bridgehead atoms. The Balaban J connectivity index is 1.27. The predicted octanol–water partition coefficient (Wildman–Crippen LogP) is 6.40. The molecule has 3 heterocycles. The lowest BCUT2D eigenvalue weighted by atomic mass is 10.1.